The topological polar surface area (TPSA) is 72.2 Å². The first-order valence-corrected chi connectivity index (χ1v) is 8.26. The molecule has 0 radical (unpaired) electrons. The van der Waals surface area contributed by atoms with E-state index in [2.05, 4.69) is 11.6 Å². The summed E-state index contributed by atoms with van der Waals surface area (Å²) in [7, 11) is -3.61. The average Bonchev–Trinajstić information content (AvgIpc) is 3.03. The maximum Gasteiger partial charge on any atom is 0.242 e. The molecule has 0 aromatic heterocycles. The van der Waals surface area contributed by atoms with Crippen LogP contribution in [0.5, 0.6) is 0 Å². The minimum atomic E-state index is -3.61. The van der Waals surface area contributed by atoms with Crippen molar-refractivity contribution in [3.8, 4) is 0 Å². The molecular formula is C12H16Cl2N2O2S. The predicted molar refractivity (Wildman–Crippen MR) is 76.8 cm³/mol. The van der Waals surface area contributed by atoms with Crippen LogP contribution in [0.3, 0.4) is 0 Å². The molecule has 1 aliphatic rings. The Bertz CT molecular complexity index is 590. The lowest BCUT2D eigenvalue weighted by molar-refractivity contribution is 0.574. The van der Waals surface area contributed by atoms with Crippen molar-refractivity contribution >= 4 is 33.2 Å². The molecule has 1 aromatic carbocycles. The smallest absolute Gasteiger partial charge is 0.242 e. The highest BCUT2D eigenvalue weighted by Crippen LogP contribution is 2.37. The summed E-state index contributed by atoms with van der Waals surface area (Å²) in [6.07, 6.45) is 1.06. The van der Waals surface area contributed by atoms with Gasteiger partial charge in [0.25, 0.3) is 0 Å². The lowest BCUT2D eigenvalue weighted by Crippen LogP contribution is -2.26. The van der Waals surface area contributed by atoms with Crippen LogP contribution in [0.2, 0.25) is 10.0 Å². The molecule has 19 heavy (non-hydrogen) atoms. The highest BCUT2D eigenvalue weighted by Gasteiger charge is 2.33. The number of sulfonamides is 1. The van der Waals surface area contributed by atoms with Gasteiger partial charge in [0.2, 0.25) is 10.0 Å². The third-order valence-electron chi connectivity index (χ3n) is 3.42. The molecule has 1 saturated carbocycles. The first-order chi connectivity index (χ1) is 8.85. The van der Waals surface area contributed by atoms with Gasteiger partial charge in [0.05, 0.1) is 5.02 Å². The van der Waals surface area contributed by atoms with Gasteiger partial charge in [-0.25, -0.2) is 13.1 Å². The van der Waals surface area contributed by atoms with Gasteiger partial charge >= 0.3 is 0 Å². The van der Waals surface area contributed by atoms with Crippen molar-refractivity contribution in [1.82, 2.24) is 4.72 Å². The third kappa shape index (κ3) is 3.41. The highest BCUT2D eigenvalue weighted by molar-refractivity contribution is 7.89. The minimum Gasteiger partial charge on any atom is -0.326 e. The van der Waals surface area contributed by atoms with E-state index in [9.17, 15) is 8.42 Å². The molecule has 1 aliphatic carbocycles. The van der Waals surface area contributed by atoms with E-state index < -0.39 is 10.0 Å². The van der Waals surface area contributed by atoms with Gasteiger partial charge in [-0.2, -0.15) is 0 Å². The van der Waals surface area contributed by atoms with E-state index in [4.69, 9.17) is 28.9 Å². The van der Waals surface area contributed by atoms with Gasteiger partial charge in [0, 0.05) is 18.1 Å². The summed E-state index contributed by atoms with van der Waals surface area (Å²) in [6, 6.07) is 2.85. The lowest BCUT2D eigenvalue weighted by atomic mass is 10.2. The normalized spacial score (nSPS) is 22.5. The molecule has 0 heterocycles. The van der Waals surface area contributed by atoms with Crippen LogP contribution in [0.1, 0.15) is 18.9 Å². The fourth-order valence-electron chi connectivity index (χ4n) is 1.91. The molecular weight excluding hydrogens is 307 g/mol. The van der Waals surface area contributed by atoms with E-state index in [0.717, 1.165) is 6.42 Å². The van der Waals surface area contributed by atoms with Crippen molar-refractivity contribution in [3.63, 3.8) is 0 Å². The first kappa shape index (κ1) is 15.1. The van der Waals surface area contributed by atoms with Crippen LogP contribution in [0.4, 0.5) is 0 Å². The zero-order chi connectivity index (χ0) is 14.2. The zero-order valence-corrected chi connectivity index (χ0v) is 12.8. The van der Waals surface area contributed by atoms with Gasteiger partial charge in [0.15, 0.2) is 0 Å². The Morgan fingerprint density at radius 3 is 2.53 bits per heavy atom. The van der Waals surface area contributed by atoms with Crippen molar-refractivity contribution < 1.29 is 8.42 Å². The van der Waals surface area contributed by atoms with Gasteiger partial charge in [-0.1, -0.05) is 30.1 Å². The fourth-order valence-corrected chi connectivity index (χ4v) is 3.88. The van der Waals surface area contributed by atoms with Crippen LogP contribution < -0.4 is 10.5 Å². The zero-order valence-electron chi connectivity index (χ0n) is 10.5. The molecule has 2 rings (SSSR count). The molecule has 1 aromatic rings. The van der Waals surface area contributed by atoms with E-state index in [1.165, 1.54) is 12.1 Å². The Balaban J connectivity index is 2.23. The molecule has 7 heteroatoms. The minimum absolute atomic E-state index is 0.0346. The van der Waals surface area contributed by atoms with Crippen molar-refractivity contribution in [2.75, 3.05) is 6.54 Å². The van der Waals surface area contributed by atoms with Crippen LogP contribution in [-0.2, 0) is 16.6 Å². The van der Waals surface area contributed by atoms with Gasteiger partial charge in [-0.05, 0) is 36.0 Å². The molecule has 2 atom stereocenters. The second kappa shape index (κ2) is 5.58. The molecule has 1 fully saturated rings. The molecule has 0 saturated heterocycles. The number of benzene rings is 1. The van der Waals surface area contributed by atoms with E-state index in [1.807, 2.05) is 0 Å². The second-order valence-electron chi connectivity index (χ2n) is 4.90. The number of hydrogen-bond donors (Lipinski definition) is 2. The maximum atomic E-state index is 12.2. The molecule has 0 spiro atoms. The number of nitrogens with one attached hydrogen (secondary N) is 1. The summed E-state index contributed by atoms with van der Waals surface area (Å²) in [5.41, 5.74) is 6.08. The van der Waals surface area contributed by atoms with Crippen molar-refractivity contribution in [3.05, 3.63) is 27.7 Å². The molecule has 2 unspecified atom stereocenters. The Morgan fingerprint density at radius 2 is 2.00 bits per heavy atom. The monoisotopic (exact) mass is 322 g/mol. The summed E-state index contributed by atoms with van der Waals surface area (Å²) < 4.78 is 27.0. The molecule has 3 N–H and O–H groups in total. The lowest BCUT2D eigenvalue weighted by Gasteiger charge is -2.10. The Morgan fingerprint density at radius 1 is 1.37 bits per heavy atom. The summed E-state index contributed by atoms with van der Waals surface area (Å²) in [5, 5.41) is 0.487. The first-order valence-electron chi connectivity index (χ1n) is 6.03. The van der Waals surface area contributed by atoms with Gasteiger partial charge in [0.1, 0.15) is 4.90 Å². The molecule has 4 nitrogen and oxygen atoms in total. The quantitative estimate of drug-likeness (QED) is 0.874. The summed E-state index contributed by atoms with van der Waals surface area (Å²) in [6.45, 7) is 2.71. The van der Waals surface area contributed by atoms with E-state index in [1.54, 1.807) is 0 Å². The fraction of sp³-hybridized carbons (Fsp3) is 0.500. The third-order valence-corrected chi connectivity index (χ3v) is 5.66. The number of hydrogen-bond acceptors (Lipinski definition) is 3. The Kier molecular flexibility index (Phi) is 4.42. The van der Waals surface area contributed by atoms with Crippen LogP contribution >= 0.6 is 23.2 Å². The summed E-state index contributed by atoms with van der Waals surface area (Å²) in [5.74, 6) is 1.01. The summed E-state index contributed by atoms with van der Waals surface area (Å²) in [4.78, 5) is 0.0346. The van der Waals surface area contributed by atoms with Crippen LogP contribution in [0, 0.1) is 11.8 Å². The Hall–Kier alpha value is -0.330. The van der Waals surface area contributed by atoms with Crippen molar-refractivity contribution in [1.29, 1.82) is 0 Å². The van der Waals surface area contributed by atoms with Crippen LogP contribution in [0.25, 0.3) is 0 Å². The molecule has 0 amide bonds. The highest BCUT2D eigenvalue weighted by atomic mass is 35.5. The number of nitrogens with two attached hydrogens (primary N) is 1. The molecule has 0 bridgehead atoms. The Labute approximate surface area is 123 Å². The SMILES string of the molecule is CC1CC1CNS(=O)(=O)c1cc(CN)c(Cl)cc1Cl. The van der Waals surface area contributed by atoms with E-state index >= 15 is 0 Å². The average molecular weight is 323 g/mol. The second-order valence-corrected chi connectivity index (χ2v) is 7.45. The van der Waals surface area contributed by atoms with Crippen LogP contribution in [0.15, 0.2) is 17.0 Å². The molecule has 106 valence electrons. The van der Waals surface area contributed by atoms with Gasteiger partial charge < -0.3 is 5.73 Å². The molecule has 0 aliphatic heterocycles. The standard InChI is InChI=1S/C12H16Cl2N2O2S/c1-7-2-9(7)6-16-19(17,18)12-3-8(5-15)10(13)4-11(12)14/h3-4,7,9,16H,2,5-6,15H2,1H3. The number of halogens is 2. The number of rotatable bonds is 5. The van der Waals surface area contributed by atoms with Gasteiger partial charge in [-0.15, -0.1) is 0 Å². The van der Waals surface area contributed by atoms with Crippen molar-refractivity contribution in [2.45, 2.75) is 24.8 Å². The van der Waals surface area contributed by atoms with Gasteiger partial charge in [-0.3, -0.25) is 0 Å². The van der Waals surface area contributed by atoms with Crippen LogP contribution in [-0.4, -0.2) is 15.0 Å². The van der Waals surface area contributed by atoms with Crippen molar-refractivity contribution in [2.24, 2.45) is 17.6 Å². The van der Waals surface area contributed by atoms with E-state index in [-0.39, 0.29) is 16.5 Å². The summed E-state index contributed by atoms with van der Waals surface area (Å²) >= 11 is 11.9. The predicted octanol–water partition coefficient (Wildman–Crippen LogP) is 2.39. The maximum absolute atomic E-state index is 12.2. The van der Waals surface area contributed by atoms with E-state index in [0.29, 0.717) is 29.0 Å². The largest absolute Gasteiger partial charge is 0.326 e.